The van der Waals surface area contributed by atoms with Gasteiger partial charge in [-0.25, -0.2) is 4.79 Å². The lowest BCUT2D eigenvalue weighted by Gasteiger charge is -2.42. The van der Waals surface area contributed by atoms with Crippen LogP contribution in [-0.4, -0.2) is 129 Å². The second-order valence-electron chi connectivity index (χ2n) is 21.3. The number of hydrogen-bond donors (Lipinski definition) is 1. The van der Waals surface area contributed by atoms with Crippen LogP contribution in [0.25, 0.3) is 0 Å². The number of cyclic esters (lactones) is 1. The van der Waals surface area contributed by atoms with Crippen molar-refractivity contribution in [3.05, 3.63) is 47.6 Å². The molecule has 0 aromatic carbocycles. The SMILES string of the molecule is CO[C@H]1C[C@@H]2CC[C@@H](C)[C@@](O)(O2)C(=O)C(=O)N2CCCC[C@H]2C(=O)O[C@H]([C@H](C)C[C@@H]2CC[C@@H](OP(C)(C)=O)[C@H](OC)C2)CC(=O)[C@H](C)/C=C(\C)[C@@H](C)[C@@H](OC)C(=O)[C@H](C)C[C@H](C)/C=C/C=CC=C1C. The average Bonchev–Trinajstić information content (AvgIpc) is 3.30. The molecule has 4 rings (SSSR count). The van der Waals surface area contributed by atoms with Crippen LogP contribution < -0.4 is 0 Å². The van der Waals surface area contributed by atoms with Crippen molar-refractivity contribution in [1.29, 1.82) is 0 Å². The summed E-state index contributed by atoms with van der Waals surface area (Å²) in [7, 11) is 1.97. The number of rotatable bonds is 8. The Hall–Kier alpha value is -3.10. The molecule has 0 aromatic heterocycles. The highest BCUT2D eigenvalue weighted by atomic mass is 31.2. The third kappa shape index (κ3) is 16.2. The monoisotopic (exact) mass is 988 g/mol. The Balaban J connectivity index is 1.70. The highest BCUT2D eigenvalue weighted by Crippen LogP contribution is 2.45. The summed E-state index contributed by atoms with van der Waals surface area (Å²) in [5.41, 5.74) is 1.72. The van der Waals surface area contributed by atoms with Crippen LogP contribution in [0, 0.1) is 41.4 Å². The molecule has 0 aromatic rings. The number of aliphatic hydroxyl groups is 1. The number of fused-ring (bicyclic) bond motifs is 3. The standard InChI is InChI=1S/C54H86NO13P/c1-33-19-15-14-16-20-34(2)46(63-9)31-42-24-22-39(7)54(61,67-42)51(58)52(59)55-26-18-17-21-43(55)53(60)66-47(37(5)29-41-23-25-45(48(30-41)64-10)68-69(12,13)62)32-44(56)36(4)28-35(3)40(8)50(65-11)49(57)38(6)27-33/h14-16,19-20,28,33,36-43,45-48,50,61H,17-18,21-27,29-32H2,1-13H3/b16-14?,19-15+,34-20?,35-28+/t33-,36-,37-,38-,39-,40-,41+,42+,43+,45-,46+,47+,48-,50-,54-/m1/s1. The minimum Gasteiger partial charge on any atom is -0.460 e. The van der Waals surface area contributed by atoms with Crippen LogP contribution in [0.5, 0.6) is 0 Å². The molecule has 3 fully saturated rings. The number of nitrogens with zero attached hydrogens (tertiary/aromatic N) is 1. The van der Waals surface area contributed by atoms with E-state index in [1.807, 2.05) is 65.0 Å². The van der Waals surface area contributed by atoms with Crippen molar-refractivity contribution in [3.8, 4) is 0 Å². The first-order valence-corrected chi connectivity index (χ1v) is 28.0. The molecule has 1 aliphatic carbocycles. The molecule has 69 heavy (non-hydrogen) atoms. The van der Waals surface area contributed by atoms with Crippen LogP contribution >= 0.6 is 7.37 Å². The molecule has 4 aliphatic rings. The van der Waals surface area contributed by atoms with Gasteiger partial charge >= 0.3 is 5.97 Å². The summed E-state index contributed by atoms with van der Waals surface area (Å²) < 4.78 is 48.6. The number of amides is 1. The van der Waals surface area contributed by atoms with E-state index in [0.717, 1.165) is 17.6 Å². The normalized spacial score (nSPS) is 37.8. The molecule has 14 nitrogen and oxygen atoms in total. The van der Waals surface area contributed by atoms with E-state index in [4.69, 9.17) is 28.2 Å². The summed E-state index contributed by atoms with van der Waals surface area (Å²) in [6.07, 6.45) is 14.2. The fourth-order valence-corrected chi connectivity index (χ4v) is 11.7. The van der Waals surface area contributed by atoms with Crippen molar-refractivity contribution in [2.75, 3.05) is 41.2 Å². The van der Waals surface area contributed by atoms with Gasteiger partial charge in [-0.3, -0.25) is 23.7 Å². The first-order chi connectivity index (χ1) is 32.4. The Labute approximate surface area is 413 Å². The van der Waals surface area contributed by atoms with Gasteiger partial charge in [0.15, 0.2) is 13.2 Å². The van der Waals surface area contributed by atoms with Crippen molar-refractivity contribution in [1.82, 2.24) is 4.90 Å². The summed E-state index contributed by atoms with van der Waals surface area (Å²) in [6, 6.07) is -1.12. The molecule has 15 atom stereocenters. The number of Topliss-reactive ketones (excluding diaryl/α,β-unsaturated/α-hetero) is 3. The number of ether oxygens (including phenoxy) is 5. The molecule has 0 spiro atoms. The number of carbonyl (C=O) groups excluding carboxylic acids is 5. The molecular weight excluding hydrogens is 902 g/mol. The fraction of sp³-hybridized carbons (Fsp3) is 0.759. The molecule has 390 valence electrons. The molecule has 2 bridgehead atoms. The third-order valence-corrected chi connectivity index (χ3v) is 16.0. The Bertz CT molecular complexity index is 1940. The van der Waals surface area contributed by atoms with Gasteiger partial charge in [0.25, 0.3) is 11.7 Å². The number of methoxy groups -OCH3 is 3. The van der Waals surface area contributed by atoms with Gasteiger partial charge in [0.05, 0.1) is 24.4 Å². The lowest BCUT2D eigenvalue weighted by molar-refractivity contribution is -0.265. The van der Waals surface area contributed by atoms with Crippen LogP contribution in [0.15, 0.2) is 47.6 Å². The van der Waals surface area contributed by atoms with Crippen LogP contribution in [-0.2, 0) is 56.7 Å². The van der Waals surface area contributed by atoms with Gasteiger partial charge in [-0.1, -0.05) is 83.6 Å². The minimum atomic E-state index is -2.77. The number of esters is 1. The Morgan fingerprint density at radius 2 is 1.55 bits per heavy atom. The fourth-order valence-electron chi connectivity index (χ4n) is 10.8. The highest BCUT2D eigenvalue weighted by Gasteiger charge is 2.53. The maximum Gasteiger partial charge on any atom is 0.329 e. The van der Waals surface area contributed by atoms with Crippen molar-refractivity contribution in [3.63, 3.8) is 0 Å². The van der Waals surface area contributed by atoms with Crippen molar-refractivity contribution in [2.24, 2.45) is 41.4 Å². The maximum atomic E-state index is 14.5. The van der Waals surface area contributed by atoms with Gasteiger partial charge in [-0.2, -0.15) is 0 Å². The van der Waals surface area contributed by atoms with Gasteiger partial charge in [-0.15, -0.1) is 0 Å². The molecule has 3 heterocycles. The molecule has 3 aliphatic heterocycles. The third-order valence-electron chi connectivity index (χ3n) is 15.3. The lowest BCUT2D eigenvalue weighted by Crippen LogP contribution is -2.61. The van der Waals surface area contributed by atoms with Gasteiger partial charge in [0, 0.05) is 77.7 Å². The summed E-state index contributed by atoms with van der Waals surface area (Å²) in [6.45, 7) is 18.5. The van der Waals surface area contributed by atoms with E-state index in [1.165, 1.54) is 12.0 Å². The van der Waals surface area contributed by atoms with Gasteiger partial charge in [-0.05, 0) is 101 Å². The Kier molecular flexibility index (Phi) is 22.5. The van der Waals surface area contributed by atoms with E-state index in [1.54, 1.807) is 41.4 Å². The number of hydrogen-bond acceptors (Lipinski definition) is 13. The lowest BCUT2D eigenvalue weighted by atomic mass is 9.78. The average molecular weight is 988 g/mol. The number of piperidine rings is 1. The zero-order valence-electron chi connectivity index (χ0n) is 44.0. The van der Waals surface area contributed by atoms with Crippen molar-refractivity contribution in [2.45, 2.75) is 181 Å². The zero-order valence-corrected chi connectivity index (χ0v) is 44.9. The van der Waals surface area contributed by atoms with E-state index in [2.05, 4.69) is 13.0 Å². The topological polar surface area (TPSA) is 181 Å². The number of carbonyl (C=O) groups is 5. The molecular formula is C54H86NO13P. The Morgan fingerprint density at radius 1 is 0.841 bits per heavy atom. The van der Waals surface area contributed by atoms with E-state index in [-0.39, 0.29) is 72.8 Å². The van der Waals surface area contributed by atoms with Gasteiger partial charge < -0.3 is 38.2 Å². The molecule has 2 saturated heterocycles. The quantitative estimate of drug-likeness (QED) is 0.105. The van der Waals surface area contributed by atoms with E-state index in [9.17, 15) is 33.6 Å². The second-order valence-corrected chi connectivity index (χ2v) is 24.0. The van der Waals surface area contributed by atoms with Crippen molar-refractivity contribution >= 4 is 36.6 Å². The van der Waals surface area contributed by atoms with Gasteiger partial charge in [0.2, 0.25) is 5.79 Å². The van der Waals surface area contributed by atoms with E-state index in [0.29, 0.717) is 57.8 Å². The molecule has 1 N–H and O–H groups in total. The summed E-state index contributed by atoms with van der Waals surface area (Å²) in [5.74, 6) is -7.47. The Morgan fingerprint density at radius 3 is 2.20 bits per heavy atom. The second kappa shape index (κ2) is 26.6. The first-order valence-electron chi connectivity index (χ1n) is 25.5. The molecule has 0 radical (unpaired) electrons. The van der Waals surface area contributed by atoms with Crippen LogP contribution in [0.4, 0.5) is 0 Å². The van der Waals surface area contributed by atoms with E-state index < -0.39 is 73.1 Å². The number of allylic oxidation sites excluding steroid dienone is 6. The summed E-state index contributed by atoms with van der Waals surface area (Å²) in [4.78, 5) is 72.6. The highest BCUT2D eigenvalue weighted by molar-refractivity contribution is 7.57. The molecule has 1 saturated carbocycles. The minimum absolute atomic E-state index is 0.0112. The zero-order chi connectivity index (χ0) is 51.4. The van der Waals surface area contributed by atoms with Crippen molar-refractivity contribution < 1.29 is 61.9 Å². The first kappa shape index (κ1) is 58.5. The van der Waals surface area contributed by atoms with Crippen LogP contribution in [0.2, 0.25) is 0 Å². The summed E-state index contributed by atoms with van der Waals surface area (Å²) in [5, 5.41) is 12.0. The largest absolute Gasteiger partial charge is 0.460 e. The molecule has 0 unspecified atom stereocenters. The molecule has 1 amide bonds. The van der Waals surface area contributed by atoms with E-state index >= 15 is 0 Å². The smallest absolute Gasteiger partial charge is 0.329 e. The molecule has 15 heteroatoms. The summed E-state index contributed by atoms with van der Waals surface area (Å²) >= 11 is 0. The van der Waals surface area contributed by atoms with Gasteiger partial charge in [0.1, 0.15) is 24.0 Å². The number of ketones is 3. The predicted molar refractivity (Wildman–Crippen MR) is 267 cm³/mol. The van der Waals surface area contributed by atoms with Crippen LogP contribution in [0.1, 0.15) is 132 Å². The predicted octanol–water partition coefficient (Wildman–Crippen LogP) is 9.02. The maximum absolute atomic E-state index is 14.5. The van der Waals surface area contributed by atoms with Crippen LogP contribution in [0.3, 0.4) is 0 Å².